The Morgan fingerprint density at radius 1 is 1.04 bits per heavy atom. The monoisotopic (exact) mass is 712 g/mol. The molecule has 0 radical (unpaired) electrons. The normalized spacial score (nSPS) is 23.8. The Kier molecular flexibility index (Phi) is 11.1. The summed E-state index contributed by atoms with van der Waals surface area (Å²) in [4.78, 5) is 43.1. The van der Waals surface area contributed by atoms with Gasteiger partial charge >= 0.3 is 25.7 Å². The Bertz CT molecular complexity index is 1790. The highest BCUT2D eigenvalue weighted by Gasteiger charge is 2.62. The molecule has 5 rings (SSSR count). The first-order valence-corrected chi connectivity index (χ1v) is 17.9. The van der Waals surface area contributed by atoms with Crippen molar-refractivity contribution >= 4 is 37.0 Å². The molecular weight excluding hydrogens is 671 g/mol. The van der Waals surface area contributed by atoms with Gasteiger partial charge < -0.3 is 29.2 Å². The molecule has 16 nitrogen and oxygen atoms in total. The molecule has 1 saturated heterocycles. The molecule has 1 aromatic carbocycles. The van der Waals surface area contributed by atoms with Gasteiger partial charge in [0.25, 0.3) is 0 Å². The van der Waals surface area contributed by atoms with Crippen LogP contribution in [0.15, 0.2) is 48.8 Å². The summed E-state index contributed by atoms with van der Waals surface area (Å²) in [6.07, 6.45) is -0.926. The maximum Gasteiger partial charge on any atom is 0.459 e. The van der Waals surface area contributed by atoms with Crippen LogP contribution in [0.1, 0.15) is 65.7 Å². The molecule has 1 aliphatic carbocycles. The fraction of sp³-hybridized carbons (Fsp3) is 0.515. The number of nitrogen functional groups attached to an aromatic ring is 1. The predicted octanol–water partition coefficient (Wildman–Crippen LogP) is 4.06. The predicted molar refractivity (Wildman–Crippen MR) is 176 cm³/mol. The first kappa shape index (κ1) is 36.7. The summed E-state index contributed by atoms with van der Waals surface area (Å²) in [5.74, 6) is -3.07. The number of nitriles is 1. The van der Waals surface area contributed by atoms with Crippen molar-refractivity contribution in [2.45, 2.75) is 89.9 Å². The highest BCUT2D eigenvalue weighted by Crippen LogP contribution is 2.50. The van der Waals surface area contributed by atoms with Crippen molar-refractivity contribution in [3.63, 3.8) is 0 Å². The van der Waals surface area contributed by atoms with E-state index in [9.17, 15) is 24.2 Å². The maximum absolute atomic E-state index is 14.4. The zero-order valence-corrected chi connectivity index (χ0v) is 29.3. The Morgan fingerprint density at radius 2 is 1.72 bits per heavy atom. The third-order valence-corrected chi connectivity index (χ3v) is 9.91. The van der Waals surface area contributed by atoms with Crippen LogP contribution < -0.4 is 15.3 Å². The van der Waals surface area contributed by atoms with Crippen LogP contribution in [0.4, 0.5) is 5.82 Å². The molecule has 0 spiro atoms. The SMILES string of the molecule is CC(C)C(=O)O[C@H]1[C@H](c2ccc3c(N)ncnn23)O[C@](C#N)(COP(=O)(NC(C)C(=O)OC2CCC2)Oc2ccccc2)[C@H]1OC(=O)C(C)C. The molecule has 3 aromatic rings. The molecule has 0 amide bonds. The number of hydrogen-bond donors (Lipinski definition) is 2. The molecule has 2 unspecified atom stereocenters. The lowest BCUT2D eigenvalue weighted by atomic mass is 9.95. The summed E-state index contributed by atoms with van der Waals surface area (Å²) < 4.78 is 51.2. The van der Waals surface area contributed by atoms with Crippen LogP contribution in [0, 0.1) is 23.2 Å². The van der Waals surface area contributed by atoms with Crippen molar-refractivity contribution in [2.75, 3.05) is 12.3 Å². The molecule has 3 N–H and O–H groups in total. The average molecular weight is 713 g/mol. The molecule has 2 fully saturated rings. The van der Waals surface area contributed by atoms with Crippen LogP contribution in [0.5, 0.6) is 5.75 Å². The number of nitrogens with two attached hydrogens (primary N) is 1. The number of ether oxygens (including phenoxy) is 4. The van der Waals surface area contributed by atoms with Gasteiger partial charge in [-0.25, -0.2) is 14.1 Å². The Labute approximate surface area is 289 Å². The van der Waals surface area contributed by atoms with Crippen LogP contribution >= 0.6 is 7.75 Å². The first-order chi connectivity index (χ1) is 23.8. The van der Waals surface area contributed by atoms with E-state index in [1.165, 1.54) is 29.9 Å². The number of nitrogens with zero attached hydrogens (tertiary/aromatic N) is 4. The van der Waals surface area contributed by atoms with Gasteiger partial charge in [0.05, 0.1) is 17.5 Å². The molecular formula is C33H41N6O10P. The zero-order valence-electron chi connectivity index (χ0n) is 28.4. The molecule has 17 heteroatoms. The van der Waals surface area contributed by atoms with Gasteiger partial charge in [0.2, 0.25) is 5.60 Å². The van der Waals surface area contributed by atoms with Crippen molar-refractivity contribution in [2.24, 2.45) is 11.8 Å². The molecule has 1 saturated carbocycles. The Hall–Kier alpha value is -4.55. The number of aromatic nitrogens is 3. The lowest BCUT2D eigenvalue weighted by molar-refractivity contribution is -0.173. The van der Waals surface area contributed by atoms with Crippen molar-refractivity contribution in [1.82, 2.24) is 19.7 Å². The Morgan fingerprint density at radius 3 is 2.34 bits per heavy atom. The minimum atomic E-state index is -4.53. The van der Waals surface area contributed by atoms with Gasteiger partial charge in [0, 0.05) is 0 Å². The van der Waals surface area contributed by atoms with Gasteiger partial charge in [-0.2, -0.15) is 15.4 Å². The number of carbonyl (C=O) groups excluding carboxylic acids is 3. The van der Waals surface area contributed by atoms with Gasteiger partial charge in [-0.1, -0.05) is 45.9 Å². The van der Waals surface area contributed by atoms with E-state index in [2.05, 4.69) is 15.2 Å². The number of esters is 3. The van der Waals surface area contributed by atoms with Crippen LogP contribution in [0.2, 0.25) is 0 Å². The van der Waals surface area contributed by atoms with E-state index in [4.69, 9.17) is 33.7 Å². The summed E-state index contributed by atoms with van der Waals surface area (Å²) in [5, 5.41) is 17.7. The van der Waals surface area contributed by atoms with E-state index in [0.717, 1.165) is 19.3 Å². The number of benzene rings is 1. The molecule has 1 aliphatic heterocycles. The summed E-state index contributed by atoms with van der Waals surface area (Å²) in [6, 6.07) is 12.1. The van der Waals surface area contributed by atoms with E-state index >= 15 is 0 Å². The highest BCUT2D eigenvalue weighted by atomic mass is 31.2. The molecule has 6 atom stereocenters. The fourth-order valence-electron chi connectivity index (χ4n) is 5.19. The minimum absolute atomic E-state index is 0.127. The lowest BCUT2D eigenvalue weighted by Crippen LogP contribution is -2.50. The van der Waals surface area contributed by atoms with Gasteiger partial charge in [0.15, 0.2) is 18.0 Å². The summed E-state index contributed by atoms with van der Waals surface area (Å²) in [7, 11) is -4.53. The van der Waals surface area contributed by atoms with Gasteiger partial charge in [0.1, 0.15) is 48.5 Å². The summed E-state index contributed by atoms with van der Waals surface area (Å²) in [6.45, 7) is 7.01. The average Bonchev–Trinajstić information content (AvgIpc) is 3.62. The van der Waals surface area contributed by atoms with E-state index in [1.54, 1.807) is 58.0 Å². The van der Waals surface area contributed by atoms with Crippen LogP contribution in [-0.4, -0.2) is 69.1 Å². The topological polar surface area (TPSA) is 216 Å². The van der Waals surface area contributed by atoms with E-state index < -0.39 is 74.1 Å². The molecule has 0 bridgehead atoms. The second kappa shape index (κ2) is 15.1. The molecule has 50 heavy (non-hydrogen) atoms. The number of rotatable bonds is 14. The van der Waals surface area contributed by atoms with Crippen molar-refractivity contribution in [3.8, 4) is 11.8 Å². The van der Waals surface area contributed by atoms with Gasteiger partial charge in [-0.3, -0.25) is 18.9 Å². The Balaban J connectivity index is 1.54. The van der Waals surface area contributed by atoms with Gasteiger partial charge in [-0.05, 0) is 50.5 Å². The number of fused-ring (bicyclic) bond motifs is 1. The second-order valence-corrected chi connectivity index (χ2v) is 14.5. The zero-order chi connectivity index (χ0) is 36.2. The molecule has 3 heterocycles. The fourth-order valence-corrected chi connectivity index (χ4v) is 6.71. The number of nitrogens with one attached hydrogen (secondary N) is 1. The number of carbonyl (C=O) groups is 3. The van der Waals surface area contributed by atoms with E-state index in [0.29, 0.717) is 5.52 Å². The first-order valence-electron chi connectivity index (χ1n) is 16.3. The highest BCUT2D eigenvalue weighted by molar-refractivity contribution is 7.52. The molecule has 2 aliphatic rings. The van der Waals surface area contributed by atoms with Gasteiger partial charge in [-0.15, -0.1) is 0 Å². The van der Waals surface area contributed by atoms with Crippen molar-refractivity contribution in [1.29, 1.82) is 5.26 Å². The summed E-state index contributed by atoms with van der Waals surface area (Å²) in [5.41, 5.74) is 4.50. The van der Waals surface area contributed by atoms with E-state index in [1.807, 2.05) is 6.07 Å². The molecule has 2 aromatic heterocycles. The largest absolute Gasteiger partial charge is 0.461 e. The number of para-hydroxylation sites is 1. The van der Waals surface area contributed by atoms with Crippen LogP contribution in [-0.2, 0) is 42.4 Å². The third-order valence-electron chi connectivity index (χ3n) is 8.28. The smallest absolute Gasteiger partial charge is 0.459 e. The standard InChI is InChI=1S/C33H41N6O10P/c1-19(2)30(40)46-27-26(24-14-15-25-29(35)36-18-37-39(24)25)48-33(16-34,28(27)47-31(41)20(3)4)17-44-50(43,49-23-10-7-6-8-11-23)38-21(5)32(42)45-22-12-9-13-22/h6-8,10-11,14-15,18-22,26-28H,9,12-13,17H2,1-5H3,(H,38,43)(H2,35,36,37)/t21?,26-,27-,28-,33+,50?/m0/s1. The molecule has 268 valence electrons. The quantitative estimate of drug-likeness (QED) is 0.137. The second-order valence-electron chi connectivity index (χ2n) is 12.8. The lowest BCUT2D eigenvalue weighted by Gasteiger charge is -2.31. The van der Waals surface area contributed by atoms with Crippen LogP contribution in [0.25, 0.3) is 5.52 Å². The van der Waals surface area contributed by atoms with Crippen molar-refractivity contribution in [3.05, 3.63) is 54.5 Å². The number of hydrogen-bond acceptors (Lipinski definition) is 14. The van der Waals surface area contributed by atoms with E-state index in [-0.39, 0.29) is 23.4 Å². The third kappa shape index (κ3) is 7.92. The summed E-state index contributed by atoms with van der Waals surface area (Å²) >= 11 is 0. The van der Waals surface area contributed by atoms with Crippen molar-refractivity contribution < 1.29 is 46.9 Å². The number of anilines is 1. The maximum atomic E-state index is 14.4. The minimum Gasteiger partial charge on any atom is -0.461 e. The van der Waals surface area contributed by atoms with Crippen LogP contribution in [0.3, 0.4) is 0 Å².